The van der Waals surface area contributed by atoms with E-state index < -0.39 is 0 Å². The highest BCUT2D eigenvalue weighted by molar-refractivity contribution is 5.32. The van der Waals surface area contributed by atoms with E-state index in [-0.39, 0.29) is 5.41 Å². The van der Waals surface area contributed by atoms with Gasteiger partial charge in [0.25, 0.3) is 0 Å². The first-order valence-electron chi connectivity index (χ1n) is 7.65. The summed E-state index contributed by atoms with van der Waals surface area (Å²) >= 11 is 0. The number of likely N-dealkylation sites (tertiary alicyclic amines) is 1. The van der Waals surface area contributed by atoms with E-state index in [9.17, 15) is 0 Å². The van der Waals surface area contributed by atoms with E-state index in [1.807, 2.05) is 0 Å². The number of piperidine rings is 1. The van der Waals surface area contributed by atoms with Crippen LogP contribution in [0.5, 0.6) is 0 Å². The van der Waals surface area contributed by atoms with E-state index in [0.717, 1.165) is 19.5 Å². The van der Waals surface area contributed by atoms with Crippen molar-refractivity contribution in [2.75, 3.05) is 13.1 Å². The standard InChI is InChI=1S/C17H26N2/c1-17(2)12-19(11-10-16(17)18)15-9-5-7-13-6-3-4-8-14(13)15/h3-4,6,8,15-16H,5,7,9-12,18H2,1-2H3. The van der Waals surface area contributed by atoms with Crippen molar-refractivity contribution in [2.24, 2.45) is 11.1 Å². The first kappa shape index (κ1) is 13.1. The zero-order valence-electron chi connectivity index (χ0n) is 12.2. The van der Waals surface area contributed by atoms with Gasteiger partial charge in [-0.05, 0) is 42.2 Å². The van der Waals surface area contributed by atoms with Gasteiger partial charge in [0.05, 0.1) is 0 Å². The van der Waals surface area contributed by atoms with Gasteiger partial charge in [-0.3, -0.25) is 4.90 Å². The van der Waals surface area contributed by atoms with Crippen LogP contribution in [0.15, 0.2) is 24.3 Å². The molecule has 0 aromatic heterocycles. The second-order valence-corrected chi connectivity index (χ2v) is 6.96. The van der Waals surface area contributed by atoms with Crippen molar-refractivity contribution in [3.63, 3.8) is 0 Å². The van der Waals surface area contributed by atoms with E-state index >= 15 is 0 Å². The zero-order chi connectivity index (χ0) is 13.5. The Kier molecular flexibility index (Phi) is 3.40. The molecule has 2 N–H and O–H groups in total. The summed E-state index contributed by atoms with van der Waals surface area (Å²) in [5.41, 5.74) is 9.64. The van der Waals surface area contributed by atoms with Gasteiger partial charge in [0.1, 0.15) is 0 Å². The van der Waals surface area contributed by atoms with Crippen LogP contribution in [0.1, 0.15) is 50.3 Å². The van der Waals surface area contributed by atoms with Crippen molar-refractivity contribution in [2.45, 2.75) is 51.6 Å². The molecule has 104 valence electrons. The van der Waals surface area contributed by atoms with Crippen LogP contribution in [0.3, 0.4) is 0 Å². The van der Waals surface area contributed by atoms with E-state index in [2.05, 4.69) is 43.0 Å². The van der Waals surface area contributed by atoms with Gasteiger partial charge >= 0.3 is 0 Å². The number of rotatable bonds is 1. The largest absolute Gasteiger partial charge is 0.327 e. The Morgan fingerprint density at radius 1 is 1.21 bits per heavy atom. The Morgan fingerprint density at radius 3 is 2.79 bits per heavy atom. The number of nitrogens with two attached hydrogens (primary N) is 1. The topological polar surface area (TPSA) is 29.3 Å². The van der Waals surface area contributed by atoms with Gasteiger partial charge in [0.15, 0.2) is 0 Å². The fourth-order valence-electron chi connectivity index (χ4n) is 3.79. The van der Waals surface area contributed by atoms with Gasteiger partial charge in [-0.15, -0.1) is 0 Å². The number of hydrogen-bond acceptors (Lipinski definition) is 2. The van der Waals surface area contributed by atoms with Crippen LogP contribution in [0.4, 0.5) is 0 Å². The van der Waals surface area contributed by atoms with Gasteiger partial charge < -0.3 is 5.73 Å². The molecule has 1 aromatic rings. The van der Waals surface area contributed by atoms with E-state index in [4.69, 9.17) is 5.73 Å². The predicted octanol–water partition coefficient (Wildman–Crippen LogP) is 3.12. The van der Waals surface area contributed by atoms with Crippen LogP contribution in [0.2, 0.25) is 0 Å². The molecule has 2 atom stereocenters. The minimum absolute atomic E-state index is 0.241. The van der Waals surface area contributed by atoms with Gasteiger partial charge in [-0.25, -0.2) is 0 Å². The highest BCUT2D eigenvalue weighted by Gasteiger charge is 2.37. The Morgan fingerprint density at radius 2 is 2.00 bits per heavy atom. The van der Waals surface area contributed by atoms with Crippen molar-refractivity contribution >= 4 is 0 Å². The summed E-state index contributed by atoms with van der Waals surface area (Å²) in [7, 11) is 0. The number of nitrogens with zero attached hydrogens (tertiary/aromatic N) is 1. The summed E-state index contributed by atoms with van der Waals surface area (Å²) in [6.07, 6.45) is 5.02. The molecule has 0 radical (unpaired) electrons. The SMILES string of the molecule is CC1(C)CN(C2CCCc3ccccc32)CCC1N. The second-order valence-electron chi connectivity index (χ2n) is 6.96. The highest BCUT2D eigenvalue weighted by atomic mass is 15.2. The van der Waals surface area contributed by atoms with E-state index in [1.54, 1.807) is 11.1 Å². The first-order chi connectivity index (χ1) is 9.08. The highest BCUT2D eigenvalue weighted by Crippen LogP contribution is 2.38. The lowest BCUT2D eigenvalue weighted by molar-refractivity contribution is 0.0540. The Balaban J connectivity index is 1.84. The molecule has 2 heteroatoms. The molecule has 2 nitrogen and oxygen atoms in total. The van der Waals surface area contributed by atoms with E-state index in [1.165, 1.54) is 19.3 Å². The monoisotopic (exact) mass is 258 g/mol. The number of benzene rings is 1. The molecule has 0 spiro atoms. The number of hydrogen-bond donors (Lipinski definition) is 1. The summed E-state index contributed by atoms with van der Waals surface area (Å²) in [5.74, 6) is 0. The van der Waals surface area contributed by atoms with Crippen LogP contribution >= 0.6 is 0 Å². The Labute approximate surface area is 117 Å². The molecule has 2 unspecified atom stereocenters. The number of aryl methyl sites for hydroxylation is 1. The van der Waals surface area contributed by atoms with Crippen molar-refractivity contribution < 1.29 is 0 Å². The second kappa shape index (κ2) is 4.92. The van der Waals surface area contributed by atoms with Crippen molar-refractivity contribution in [1.29, 1.82) is 0 Å². The summed E-state index contributed by atoms with van der Waals surface area (Å²) in [5, 5.41) is 0. The molecule has 1 aliphatic heterocycles. The Bertz CT molecular complexity index is 452. The molecule has 0 amide bonds. The normalized spacial score (nSPS) is 30.9. The smallest absolute Gasteiger partial charge is 0.0351 e. The average molecular weight is 258 g/mol. The van der Waals surface area contributed by atoms with Crippen LogP contribution in [-0.4, -0.2) is 24.0 Å². The van der Waals surface area contributed by atoms with E-state index in [0.29, 0.717) is 12.1 Å². The predicted molar refractivity (Wildman–Crippen MR) is 80.1 cm³/mol. The Hall–Kier alpha value is -0.860. The van der Waals surface area contributed by atoms with Crippen molar-refractivity contribution in [3.05, 3.63) is 35.4 Å². The quantitative estimate of drug-likeness (QED) is 0.838. The maximum atomic E-state index is 6.27. The van der Waals surface area contributed by atoms with Gasteiger partial charge in [0, 0.05) is 25.2 Å². The van der Waals surface area contributed by atoms with Crippen LogP contribution in [-0.2, 0) is 6.42 Å². The lowest BCUT2D eigenvalue weighted by atomic mass is 9.77. The lowest BCUT2D eigenvalue weighted by Gasteiger charge is -2.47. The molecule has 3 rings (SSSR count). The summed E-state index contributed by atoms with van der Waals surface area (Å²) in [6, 6.07) is 9.98. The average Bonchev–Trinajstić information content (AvgIpc) is 2.41. The van der Waals surface area contributed by atoms with Crippen LogP contribution < -0.4 is 5.73 Å². The molecule has 1 saturated heterocycles. The number of fused-ring (bicyclic) bond motifs is 1. The first-order valence-corrected chi connectivity index (χ1v) is 7.65. The fourth-order valence-corrected chi connectivity index (χ4v) is 3.79. The zero-order valence-corrected chi connectivity index (χ0v) is 12.2. The van der Waals surface area contributed by atoms with Gasteiger partial charge in [0.2, 0.25) is 0 Å². The minimum Gasteiger partial charge on any atom is -0.327 e. The van der Waals surface area contributed by atoms with Crippen LogP contribution in [0, 0.1) is 5.41 Å². The molecule has 1 fully saturated rings. The molecular weight excluding hydrogens is 232 g/mol. The third kappa shape index (κ3) is 2.44. The molecule has 1 aliphatic carbocycles. The summed E-state index contributed by atoms with van der Waals surface area (Å²) in [6.45, 7) is 6.92. The molecule has 1 aromatic carbocycles. The maximum absolute atomic E-state index is 6.27. The van der Waals surface area contributed by atoms with Gasteiger partial charge in [-0.1, -0.05) is 38.1 Å². The molecule has 0 bridgehead atoms. The van der Waals surface area contributed by atoms with Crippen molar-refractivity contribution in [3.8, 4) is 0 Å². The molecule has 1 heterocycles. The van der Waals surface area contributed by atoms with Crippen molar-refractivity contribution in [1.82, 2.24) is 4.90 Å². The summed E-state index contributed by atoms with van der Waals surface area (Å²) < 4.78 is 0. The molecule has 0 saturated carbocycles. The third-order valence-electron chi connectivity index (χ3n) is 5.12. The minimum atomic E-state index is 0.241. The molecule has 2 aliphatic rings. The molecular formula is C17H26N2. The third-order valence-corrected chi connectivity index (χ3v) is 5.12. The fraction of sp³-hybridized carbons (Fsp3) is 0.647. The lowest BCUT2D eigenvalue weighted by Crippen LogP contribution is -2.53. The van der Waals surface area contributed by atoms with Crippen LogP contribution in [0.25, 0.3) is 0 Å². The van der Waals surface area contributed by atoms with Gasteiger partial charge in [-0.2, -0.15) is 0 Å². The molecule has 19 heavy (non-hydrogen) atoms. The summed E-state index contributed by atoms with van der Waals surface area (Å²) in [4.78, 5) is 2.68. The maximum Gasteiger partial charge on any atom is 0.0351 e.